The molecule has 1 N–H and O–H groups in total. The molecule has 0 saturated carbocycles. The van der Waals surface area contributed by atoms with Gasteiger partial charge in [0.1, 0.15) is 5.82 Å². The fraction of sp³-hybridized carbons (Fsp3) is 0.357. The predicted molar refractivity (Wildman–Crippen MR) is 76.5 cm³/mol. The van der Waals surface area contributed by atoms with Gasteiger partial charge in [-0.15, -0.1) is 0 Å². The Bertz CT molecular complexity index is 659. The van der Waals surface area contributed by atoms with E-state index in [9.17, 15) is 10.1 Å². The molecule has 1 aliphatic heterocycles. The molecule has 1 aromatic carbocycles. The molecule has 2 aromatic rings. The number of anilines is 1. The Kier molecular flexibility index (Phi) is 2.93. The third-order valence-electron chi connectivity index (χ3n) is 3.53. The summed E-state index contributed by atoms with van der Waals surface area (Å²) in [6.45, 7) is 5.17. The Morgan fingerprint density at radius 2 is 2.05 bits per heavy atom. The molecule has 0 aliphatic carbocycles. The van der Waals surface area contributed by atoms with E-state index in [0.717, 1.165) is 30.2 Å². The second-order valence-electron chi connectivity index (χ2n) is 5.23. The lowest BCUT2D eigenvalue weighted by Crippen LogP contribution is -2.05. The Balaban J connectivity index is 2.06. The lowest BCUT2D eigenvalue weighted by Gasteiger charge is -2.06. The first-order chi connectivity index (χ1) is 9.58. The summed E-state index contributed by atoms with van der Waals surface area (Å²) in [4.78, 5) is 10.3. The van der Waals surface area contributed by atoms with Crippen LogP contribution in [0.25, 0.3) is 5.69 Å². The fourth-order valence-corrected chi connectivity index (χ4v) is 2.57. The molecule has 104 valence electrons. The highest BCUT2D eigenvalue weighted by molar-refractivity contribution is 5.58. The first-order valence-corrected chi connectivity index (χ1v) is 6.68. The molecule has 3 rings (SSSR count). The quantitative estimate of drug-likeness (QED) is 0.688. The Labute approximate surface area is 116 Å². The predicted octanol–water partition coefficient (Wildman–Crippen LogP) is 2.87. The number of hydrogen-bond acceptors (Lipinski definition) is 4. The third-order valence-corrected chi connectivity index (χ3v) is 3.53. The van der Waals surface area contributed by atoms with E-state index < -0.39 is 4.92 Å². The van der Waals surface area contributed by atoms with Crippen molar-refractivity contribution in [2.75, 3.05) is 11.9 Å². The molecule has 0 saturated heterocycles. The summed E-state index contributed by atoms with van der Waals surface area (Å²) in [5.74, 6) is 1.38. The van der Waals surface area contributed by atoms with E-state index in [1.165, 1.54) is 17.7 Å². The smallest absolute Gasteiger partial charge is 0.269 e. The number of non-ortho nitro benzene ring substituents is 1. The molecule has 1 aliphatic rings. The van der Waals surface area contributed by atoms with Crippen molar-refractivity contribution in [3.8, 4) is 5.69 Å². The molecule has 6 nitrogen and oxygen atoms in total. The van der Waals surface area contributed by atoms with E-state index in [2.05, 4.69) is 24.3 Å². The zero-order valence-electron chi connectivity index (χ0n) is 11.5. The van der Waals surface area contributed by atoms with Crippen molar-refractivity contribution in [1.82, 2.24) is 9.78 Å². The van der Waals surface area contributed by atoms with Crippen LogP contribution in [0.3, 0.4) is 0 Å². The van der Waals surface area contributed by atoms with Crippen LogP contribution in [0.4, 0.5) is 11.5 Å². The van der Waals surface area contributed by atoms with Gasteiger partial charge in [-0.3, -0.25) is 10.1 Å². The van der Waals surface area contributed by atoms with Crippen molar-refractivity contribution in [2.24, 2.45) is 0 Å². The summed E-state index contributed by atoms with van der Waals surface area (Å²) in [7, 11) is 0. The van der Waals surface area contributed by atoms with Gasteiger partial charge in [0.15, 0.2) is 0 Å². The number of benzene rings is 1. The van der Waals surface area contributed by atoms with Gasteiger partial charge in [0.2, 0.25) is 0 Å². The molecular weight excluding hydrogens is 256 g/mol. The minimum atomic E-state index is -0.394. The first-order valence-electron chi connectivity index (χ1n) is 6.68. The molecule has 0 amide bonds. The molecule has 0 unspecified atom stereocenters. The van der Waals surface area contributed by atoms with E-state index in [1.54, 1.807) is 12.1 Å². The van der Waals surface area contributed by atoms with Crippen LogP contribution in [0.15, 0.2) is 24.3 Å². The Morgan fingerprint density at radius 1 is 1.35 bits per heavy atom. The zero-order valence-corrected chi connectivity index (χ0v) is 11.5. The van der Waals surface area contributed by atoms with Crippen molar-refractivity contribution < 1.29 is 4.92 Å². The summed E-state index contributed by atoms with van der Waals surface area (Å²) in [6, 6.07) is 6.48. The van der Waals surface area contributed by atoms with Gasteiger partial charge in [-0.1, -0.05) is 13.8 Å². The largest absolute Gasteiger partial charge is 0.369 e. The van der Waals surface area contributed by atoms with Crippen LogP contribution in [-0.2, 0) is 6.42 Å². The lowest BCUT2D eigenvalue weighted by molar-refractivity contribution is -0.384. The minimum absolute atomic E-state index is 0.0922. The molecular formula is C14H16N4O2. The molecule has 2 heterocycles. The number of nitrogens with zero attached hydrogens (tertiary/aromatic N) is 3. The molecule has 1 aromatic heterocycles. The topological polar surface area (TPSA) is 73.0 Å². The molecule has 20 heavy (non-hydrogen) atoms. The van der Waals surface area contributed by atoms with Crippen molar-refractivity contribution in [1.29, 1.82) is 0 Å². The fourth-order valence-electron chi connectivity index (χ4n) is 2.57. The van der Waals surface area contributed by atoms with Crippen molar-refractivity contribution in [2.45, 2.75) is 26.2 Å². The van der Waals surface area contributed by atoms with Crippen molar-refractivity contribution >= 4 is 11.5 Å². The standard InChI is InChI=1S/C14H16N4O2/c1-9(2)13-12-7-8-15-14(12)17(16-13)10-3-5-11(6-4-10)18(19)20/h3-6,9,15H,7-8H2,1-2H3. The summed E-state index contributed by atoms with van der Waals surface area (Å²) in [6.07, 6.45) is 0.982. The average molecular weight is 272 g/mol. The van der Waals surface area contributed by atoms with Crippen molar-refractivity contribution in [3.63, 3.8) is 0 Å². The Hall–Kier alpha value is -2.37. The van der Waals surface area contributed by atoms with E-state index in [-0.39, 0.29) is 5.69 Å². The molecule has 0 fully saturated rings. The summed E-state index contributed by atoms with van der Waals surface area (Å²) in [5, 5.41) is 18.7. The van der Waals surface area contributed by atoms with Gasteiger partial charge in [-0.05, 0) is 24.5 Å². The van der Waals surface area contributed by atoms with Crippen LogP contribution in [0.5, 0.6) is 0 Å². The summed E-state index contributed by atoms with van der Waals surface area (Å²) < 4.78 is 1.85. The number of hydrogen-bond donors (Lipinski definition) is 1. The maximum absolute atomic E-state index is 10.7. The van der Waals surface area contributed by atoms with E-state index in [4.69, 9.17) is 0 Å². The molecule has 6 heteroatoms. The van der Waals surface area contributed by atoms with Crippen LogP contribution in [0.2, 0.25) is 0 Å². The van der Waals surface area contributed by atoms with Crippen LogP contribution in [0.1, 0.15) is 31.0 Å². The van der Waals surface area contributed by atoms with Gasteiger partial charge in [0, 0.05) is 24.2 Å². The Morgan fingerprint density at radius 3 is 2.65 bits per heavy atom. The van der Waals surface area contributed by atoms with Gasteiger partial charge >= 0.3 is 0 Å². The van der Waals surface area contributed by atoms with Gasteiger partial charge in [-0.2, -0.15) is 5.10 Å². The molecule has 0 radical (unpaired) electrons. The van der Waals surface area contributed by atoms with Crippen LogP contribution < -0.4 is 5.32 Å². The number of rotatable bonds is 3. The van der Waals surface area contributed by atoms with Gasteiger partial charge in [0.05, 0.1) is 16.3 Å². The molecule has 0 atom stereocenters. The highest BCUT2D eigenvalue weighted by Gasteiger charge is 2.24. The number of nitro benzene ring substituents is 1. The van der Waals surface area contributed by atoms with E-state index >= 15 is 0 Å². The zero-order chi connectivity index (χ0) is 14.3. The normalized spacial score (nSPS) is 13.3. The average Bonchev–Trinajstić information content (AvgIpc) is 2.99. The highest BCUT2D eigenvalue weighted by Crippen LogP contribution is 2.32. The number of nitrogens with one attached hydrogen (secondary N) is 1. The first kappa shape index (κ1) is 12.7. The summed E-state index contributed by atoms with van der Waals surface area (Å²) >= 11 is 0. The second-order valence-corrected chi connectivity index (χ2v) is 5.23. The van der Waals surface area contributed by atoms with Crippen molar-refractivity contribution in [3.05, 3.63) is 45.6 Å². The monoisotopic (exact) mass is 272 g/mol. The lowest BCUT2D eigenvalue weighted by atomic mass is 10.1. The van der Waals surface area contributed by atoms with Crippen LogP contribution in [-0.4, -0.2) is 21.2 Å². The number of aromatic nitrogens is 2. The highest BCUT2D eigenvalue weighted by atomic mass is 16.6. The van der Waals surface area contributed by atoms with E-state index in [1.807, 2.05) is 4.68 Å². The minimum Gasteiger partial charge on any atom is -0.369 e. The van der Waals surface area contributed by atoms with Gasteiger partial charge < -0.3 is 5.32 Å². The number of fused-ring (bicyclic) bond motifs is 1. The maximum atomic E-state index is 10.7. The van der Waals surface area contributed by atoms with Crippen LogP contribution in [0, 0.1) is 10.1 Å². The molecule has 0 bridgehead atoms. The van der Waals surface area contributed by atoms with E-state index in [0.29, 0.717) is 5.92 Å². The summed E-state index contributed by atoms with van der Waals surface area (Å²) in [5.41, 5.74) is 3.30. The molecule has 0 spiro atoms. The SMILES string of the molecule is CC(C)c1nn(-c2ccc([N+](=O)[O-])cc2)c2c1CCN2. The van der Waals surface area contributed by atoms with Gasteiger partial charge in [-0.25, -0.2) is 4.68 Å². The maximum Gasteiger partial charge on any atom is 0.269 e. The third kappa shape index (κ3) is 1.93. The number of nitro groups is 1. The second kappa shape index (κ2) is 4.63. The van der Waals surface area contributed by atoms with Crippen LogP contribution >= 0.6 is 0 Å². The van der Waals surface area contributed by atoms with Gasteiger partial charge in [0.25, 0.3) is 5.69 Å².